The highest BCUT2D eigenvalue weighted by atomic mass is 32.3. The first-order chi connectivity index (χ1) is 15.3. The van der Waals surface area contributed by atoms with E-state index in [1.807, 2.05) is 30.3 Å². The zero-order chi connectivity index (χ0) is 25.1. The summed E-state index contributed by atoms with van der Waals surface area (Å²) in [6.45, 7) is 2.97. The van der Waals surface area contributed by atoms with Gasteiger partial charge in [0.25, 0.3) is 5.69 Å². The summed E-state index contributed by atoms with van der Waals surface area (Å²) in [6, 6.07) is 13.6. The lowest BCUT2D eigenvalue weighted by Crippen LogP contribution is -2.40. The van der Waals surface area contributed by atoms with Crippen molar-refractivity contribution in [2.24, 2.45) is 10.2 Å². The van der Waals surface area contributed by atoms with Crippen molar-refractivity contribution in [1.82, 2.24) is 5.32 Å². The second-order valence-electron chi connectivity index (χ2n) is 7.88. The molecule has 12 nitrogen and oxygen atoms in total. The Balaban J connectivity index is 0.000000981. The molecule has 178 valence electrons. The first-order valence-corrected chi connectivity index (χ1v) is 11.0. The molecule has 33 heavy (non-hydrogen) atoms. The molecule has 2 aromatic carbocycles. The minimum Gasteiger partial charge on any atom is -0.726 e. The van der Waals surface area contributed by atoms with Crippen LogP contribution in [-0.4, -0.2) is 67.7 Å². The van der Waals surface area contributed by atoms with E-state index in [0.29, 0.717) is 11.4 Å². The van der Waals surface area contributed by atoms with Gasteiger partial charge in [-0.15, -0.1) is 5.11 Å². The van der Waals surface area contributed by atoms with Gasteiger partial charge < -0.3 is 14.4 Å². The molecule has 0 atom stereocenters. The number of hydrogen-bond donors (Lipinski definition) is 2. The molecule has 13 heteroatoms. The van der Waals surface area contributed by atoms with E-state index < -0.39 is 15.3 Å². The molecule has 0 bridgehead atoms. The van der Waals surface area contributed by atoms with E-state index >= 15 is 0 Å². The largest absolute Gasteiger partial charge is 0.726 e. The first kappa shape index (κ1) is 27.8. The van der Waals surface area contributed by atoms with Crippen LogP contribution in [0.5, 0.6) is 0 Å². The van der Waals surface area contributed by atoms with E-state index in [2.05, 4.69) is 36.7 Å². The van der Waals surface area contributed by atoms with Crippen molar-refractivity contribution in [3.05, 3.63) is 63.7 Å². The fourth-order valence-corrected chi connectivity index (χ4v) is 2.43. The Hall–Kier alpha value is -3.28. The molecule has 0 aliphatic carbocycles. The Morgan fingerprint density at radius 1 is 1.12 bits per heavy atom. The van der Waals surface area contributed by atoms with Crippen LogP contribution in [0.3, 0.4) is 0 Å². The number of hydrogen-bond acceptors (Lipinski definition) is 9. The maximum atomic E-state index is 10.8. The lowest BCUT2D eigenvalue weighted by Gasteiger charge is -2.23. The molecule has 2 rings (SSSR count). The summed E-state index contributed by atoms with van der Waals surface area (Å²) in [4.78, 5) is 10.2. The number of likely N-dealkylation sites (N-methyl/N-ethyl adjacent to an activating group) is 1. The van der Waals surface area contributed by atoms with E-state index in [1.54, 1.807) is 0 Å². The van der Waals surface area contributed by atoms with Crippen LogP contribution in [0, 0.1) is 21.4 Å². The zero-order valence-corrected chi connectivity index (χ0v) is 19.3. The van der Waals surface area contributed by atoms with Gasteiger partial charge in [-0.05, 0) is 36.7 Å². The number of nitro benzene ring substituents is 1. The lowest BCUT2D eigenvalue weighted by atomic mass is 10.1. The minimum atomic E-state index is -4.92. The van der Waals surface area contributed by atoms with Crippen molar-refractivity contribution in [3.8, 4) is 6.07 Å². The first-order valence-electron chi connectivity index (χ1n) is 9.67. The molecule has 0 unspecified atom stereocenters. The molecular weight excluding hydrogens is 452 g/mol. The second kappa shape index (κ2) is 12.7. The third-order valence-electron chi connectivity index (χ3n) is 4.07. The van der Waals surface area contributed by atoms with Crippen molar-refractivity contribution in [2.45, 2.75) is 6.42 Å². The van der Waals surface area contributed by atoms with Crippen molar-refractivity contribution < 1.29 is 26.9 Å². The molecule has 0 heterocycles. The predicted molar refractivity (Wildman–Crippen MR) is 120 cm³/mol. The molecule has 0 spiro atoms. The van der Waals surface area contributed by atoms with Gasteiger partial charge in [0, 0.05) is 18.7 Å². The van der Waals surface area contributed by atoms with Crippen molar-refractivity contribution in [3.63, 3.8) is 0 Å². The summed E-state index contributed by atoms with van der Waals surface area (Å²) in [5.74, 6) is 0. The summed E-state index contributed by atoms with van der Waals surface area (Å²) in [5, 5.41) is 31.5. The Bertz CT molecular complexity index is 1100. The molecule has 0 saturated carbocycles. The van der Waals surface area contributed by atoms with Crippen LogP contribution in [0.4, 0.5) is 17.1 Å². The van der Waals surface area contributed by atoms with E-state index in [-0.39, 0.29) is 11.3 Å². The fourth-order valence-electron chi connectivity index (χ4n) is 2.43. The molecular formula is C20H26N6O6S. The van der Waals surface area contributed by atoms with Gasteiger partial charge in [-0.25, -0.2) is 8.42 Å². The van der Waals surface area contributed by atoms with Crippen LogP contribution in [-0.2, 0) is 16.8 Å². The SMILES string of the molecule is C[N+](C)(C)CCNCCc1ccc(N=Nc2ccc([N+](=O)[O-])cc2C#N)cc1.O=S(=O)([O-])O. The normalized spacial score (nSPS) is 11.5. The molecule has 0 radical (unpaired) electrons. The Labute approximate surface area is 192 Å². The maximum absolute atomic E-state index is 10.8. The number of nitrogens with zero attached hydrogens (tertiary/aromatic N) is 5. The van der Waals surface area contributed by atoms with Crippen LogP contribution in [0.2, 0.25) is 0 Å². The summed E-state index contributed by atoms with van der Waals surface area (Å²) >= 11 is 0. The zero-order valence-electron chi connectivity index (χ0n) is 18.5. The highest BCUT2D eigenvalue weighted by Crippen LogP contribution is 2.26. The maximum Gasteiger partial charge on any atom is 0.270 e. The second-order valence-corrected chi connectivity index (χ2v) is 8.73. The van der Waals surface area contributed by atoms with Gasteiger partial charge in [0.1, 0.15) is 11.8 Å². The number of azo groups is 1. The molecule has 0 fully saturated rings. The summed E-state index contributed by atoms with van der Waals surface area (Å²) < 4.78 is 33.8. The Kier molecular flexibility index (Phi) is 10.7. The van der Waals surface area contributed by atoms with Gasteiger partial charge in [-0.3, -0.25) is 14.7 Å². The van der Waals surface area contributed by atoms with Crippen molar-refractivity contribution in [2.75, 3.05) is 40.8 Å². The third-order valence-corrected chi connectivity index (χ3v) is 4.07. The summed E-state index contributed by atoms with van der Waals surface area (Å²) in [7, 11) is 1.60. The Morgan fingerprint density at radius 2 is 1.73 bits per heavy atom. The molecule has 0 amide bonds. The number of quaternary nitrogens is 1. The fraction of sp³-hybridized carbons (Fsp3) is 0.350. The number of benzene rings is 2. The van der Waals surface area contributed by atoms with Gasteiger partial charge in [-0.2, -0.15) is 10.4 Å². The molecule has 0 aliphatic heterocycles. The quantitative estimate of drug-likeness (QED) is 0.105. The van der Waals surface area contributed by atoms with Gasteiger partial charge in [0.2, 0.25) is 10.4 Å². The van der Waals surface area contributed by atoms with Crippen LogP contribution in [0.25, 0.3) is 0 Å². The molecule has 2 aromatic rings. The molecule has 2 N–H and O–H groups in total. The van der Waals surface area contributed by atoms with Gasteiger partial charge in [-0.1, -0.05) is 12.1 Å². The number of non-ortho nitro benzene ring substituents is 1. The molecule has 0 aliphatic rings. The smallest absolute Gasteiger partial charge is 0.270 e. The van der Waals surface area contributed by atoms with Gasteiger partial charge in [0.15, 0.2) is 0 Å². The monoisotopic (exact) mass is 478 g/mol. The minimum absolute atomic E-state index is 0.120. The van der Waals surface area contributed by atoms with E-state index in [0.717, 1.165) is 30.5 Å². The predicted octanol–water partition coefficient (Wildman–Crippen LogP) is 2.72. The highest BCUT2D eigenvalue weighted by Gasteiger charge is 2.10. The van der Waals surface area contributed by atoms with E-state index in [4.69, 9.17) is 22.8 Å². The standard InChI is InChI=1S/C20H25N6O2.H2O4S/c1-26(2,3)13-12-22-11-10-16-4-6-18(7-5-16)23-24-20-9-8-19(25(27)28)14-17(20)15-21;1-5(2,3)4/h4-9,14,22H,10-13H2,1-3H3;(H2,1,2,3,4)/q+1;/p-1. The number of rotatable bonds is 9. The lowest BCUT2D eigenvalue weighted by molar-refractivity contribution is -0.869. The van der Waals surface area contributed by atoms with Crippen molar-refractivity contribution in [1.29, 1.82) is 5.26 Å². The molecule has 0 saturated heterocycles. The number of nitriles is 1. The van der Waals surface area contributed by atoms with Crippen LogP contribution < -0.4 is 5.32 Å². The topological polar surface area (TPSA) is 181 Å². The third kappa shape index (κ3) is 13.0. The van der Waals surface area contributed by atoms with Gasteiger partial charge in [0.05, 0.1) is 43.9 Å². The van der Waals surface area contributed by atoms with Crippen LogP contribution >= 0.6 is 0 Å². The van der Waals surface area contributed by atoms with Crippen LogP contribution in [0.15, 0.2) is 52.7 Å². The summed E-state index contributed by atoms with van der Waals surface area (Å²) in [6.07, 6.45) is 0.926. The van der Waals surface area contributed by atoms with E-state index in [1.165, 1.54) is 23.8 Å². The highest BCUT2D eigenvalue weighted by molar-refractivity contribution is 7.79. The average Bonchev–Trinajstić information content (AvgIpc) is 2.70. The van der Waals surface area contributed by atoms with Crippen molar-refractivity contribution >= 4 is 27.5 Å². The summed E-state index contributed by atoms with van der Waals surface area (Å²) in [5.41, 5.74) is 2.14. The Morgan fingerprint density at radius 3 is 2.24 bits per heavy atom. The van der Waals surface area contributed by atoms with E-state index in [9.17, 15) is 10.1 Å². The van der Waals surface area contributed by atoms with Crippen LogP contribution in [0.1, 0.15) is 11.1 Å². The molecule has 0 aromatic heterocycles. The average molecular weight is 479 g/mol. The number of nitrogens with one attached hydrogen (secondary N) is 1. The number of nitro groups is 1. The van der Waals surface area contributed by atoms with Gasteiger partial charge >= 0.3 is 0 Å².